The summed E-state index contributed by atoms with van der Waals surface area (Å²) in [5.41, 5.74) is 5.59. The molecule has 0 aliphatic carbocycles. The van der Waals surface area contributed by atoms with Crippen molar-refractivity contribution < 1.29 is 17.2 Å². The van der Waals surface area contributed by atoms with Gasteiger partial charge in [0.1, 0.15) is 16.5 Å². The summed E-state index contributed by atoms with van der Waals surface area (Å²) in [6.45, 7) is 0.488. The molecule has 0 spiro atoms. The van der Waals surface area contributed by atoms with E-state index in [0.717, 1.165) is 12.5 Å². The minimum Gasteiger partial charge on any atom is -0.329 e. The smallest absolute Gasteiger partial charge is 0.246 e. The van der Waals surface area contributed by atoms with Crippen LogP contribution in [0, 0.1) is 11.6 Å². The largest absolute Gasteiger partial charge is 0.329 e. The molecule has 0 amide bonds. The van der Waals surface area contributed by atoms with Crippen molar-refractivity contribution in [1.82, 2.24) is 4.31 Å². The van der Waals surface area contributed by atoms with E-state index >= 15 is 0 Å². The van der Waals surface area contributed by atoms with Crippen LogP contribution in [-0.2, 0) is 10.0 Å². The predicted molar refractivity (Wildman–Crippen MR) is 81.9 cm³/mol. The minimum absolute atomic E-state index is 0. The summed E-state index contributed by atoms with van der Waals surface area (Å²) in [5.74, 6) is -1.93. The summed E-state index contributed by atoms with van der Waals surface area (Å²) < 4.78 is 53.2. The van der Waals surface area contributed by atoms with Crippen molar-refractivity contribution in [2.75, 3.05) is 13.1 Å². The SMILES string of the molecule is Cl.NCC1CCCCN1S(=O)(=O)c1cc(Br)c(F)cc1F. The van der Waals surface area contributed by atoms with Crippen molar-refractivity contribution in [1.29, 1.82) is 0 Å². The number of piperidine rings is 1. The average molecular weight is 406 g/mol. The Labute approximate surface area is 137 Å². The molecule has 0 aromatic heterocycles. The molecule has 2 N–H and O–H groups in total. The Kier molecular flexibility index (Phi) is 6.54. The van der Waals surface area contributed by atoms with E-state index in [0.29, 0.717) is 25.5 Å². The maximum atomic E-state index is 13.8. The number of rotatable bonds is 3. The van der Waals surface area contributed by atoms with Crippen LogP contribution in [0.15, 0.2) is 21.5 Å². The molecule has 4 nitrogen and oxygen atoms in total. The van der Waals surface area contributed by atoms with Crippen LogP contribution >= 0.6 is 28.3 Å². The van der Waals surface area contributed by atoms with Gasteiger partial charge in [0.25, 0.3) is 0 Å². The number of halogens is 4. The lowest BCUT2D eigenvalue weighted by Crippen LogP contribution is -2.47. The number of hydrogen-bond acceptors (Lipinski definition) is 3. The molecule has 1 fully saturated rings. The van der Waals surface area contributed by atoms with Crippen molar-refractivity contribution in [2.45, 2.75) is 30.2 Å². The second-order valence-corrected chi connectivity index (χ2v) is 7.41. The van der Waals surface area contributed by atoms with Crippen LogP contribution in [0.3, 0.4) is 0 Å². The zero-order chi connectivity index (χ0) is 14.9. The second-order valence-electron chi connectivity index (χ2n) is 4.70. The van der Waals surface area contributed by atoms with Crippen LogP contribution in [0.5, 0.6) is 0 Å². The molecule has 120 valence electrons. The van der Waals surface area contributed by atoms with Gasteiger partial charge in [-0.15, -0.1) is 12.4 Å². The van der Waals surface area contributed by atoms with Gasteiger partial charge in [0.15, 0.2) is 0 Å². The fourth-order valence-corrected chi connectivity index (χ4v) is 4.63. The number of benzene rings is 1. The third-order valence-corrected chi connectivity index (χ3v) is 5.98. The zero-order valence-corrected chi connectivity index (χ0v) is 14.3. The van der Waals surface area contributed by atoms with Crippen molar-refractivity contribution in [3.63, 3.8) is 0 Å². The van der Waals surface area contributed by atoms with Crippen LogP contribution in [0.4, 0.5) is 8.78 Å². The fraction of sp³-hybridized carbons (Fsp3) is 0.500. The molecule has 1 aromatic carbocycles. The van der Waals surface area contributed by atoms with Gasteiger partial charge in [-0.05, 0) is 34.8 Å². The molecule has 1 saturated heterocycles. The van der Waals surface area contributed by atoms with Crippen molar-refractivity contribution in [3.05, 3.63) is 28.2 Å². The first-order valence-electron chi connectivity index (χ1n) is 6.24. The Morgan fingerprint density at radius 2 is 1.95 bits per heavy atom. The summed E-state index contributed by atoms with van der Waals surface area (Å²) >= 11 is 2.88. The first-order valence-corrected chi connectivity index (χ1v) is 8.47. The van der Waals surface area contributed by atoms with Gasteiger partial charge in [-0.25, -0.2) is 17.2 Å². The quantitative estimate of drug-likeness (QED) is 0.786. The number of hydrogen-bond donors (Lipinski definition) is 1. The number of nitrogens with zero attached hydrogens (tertiary/aromatic N) is 1. The third-order valence-electron chi connectivity index (χ3n) is 3.41. The lowest BCUT2D eigenvalue weighted by atomic mass is 10.1. The van der Waals surface area contributed by atoms with Crippen molar-refractivity contribution in [2.24, 2.45) is 5.73 Å². The molecule has 1 atom stereocenters. The molecule has 0 radical (unpaired) electrons. The van der Waals surface area contributed by atoms with Crippen molar-refractivity contribution in [3.8, 4) is 0 Å². The summed E-state index contributed by atoms with van der Waals surface area (Å²) in [6.07, 6.45) is 2.25. The maximum Gasteiger partial charge on any atom is 0.246 e. The van der Waals surface area contributed by atoms with Crippen LogP contribution < -0.4 is 5.73 Å². The Morgan fingerprint density at radius 3 is 2.57 bits per heavy atom. The first kappa shape index (κ1) is 18.8. The van der Waals surface area contributed by atoms with Gasteiger partial charge in [-0.2, -0.15) is 4.31 Å². The van der Waals surface area contributed by atoms with Gasteiger partial charge < -0.3 is 5.73 Å². The van der Waals surface area contributed by atoms with Gasteiger partial charge in [0.2, 0.25) is 10.0 Å². The monoisotopic (exact) mass is 404 g/mol. The lowest BCUT2D eigenvalue weighted by molar-refractivity contribution is 0.257. The molecular formula is C12H16BrClF2N2O2S. The predicted octanol–water partition coefficient (Wildman–Crippen LogP) is 2.65. The van der Waals surface area contributed by atoms with E-state index in [1.165, 1.54) is 4.31 Å². The number of sulfonamides is 1. The molecular weight excluding hydrogens is 390 g/mol. The average Bonchev–Trinajstić information content (AvgIpc) is 2.42. The van der Waals surface area contributed by atoms with E-state index in [1.54, 1.807) is 0 Å². The van der Waals surface area contributed by atoms with Gasteiger partial charge in [-0.1, -0.05) is 6.42 Å². The molecule has 1 aromatic rings. The highest BCUT2D eigenvalue weighted by molar-refractivity contribution is 9.10. The molecule has 1 unspecified atom stereocenters. The number of nitrogens with two attached hydrogens (primary N) is 1. The van der Waals surface area contributed by atoms with Crippen LogP contribution in [0.2, 0.25) is 0 Å². The van der Waals surface area contributed by atoms with Crippen LogP contribution in [-0.4, -0.2) is 31.9 Å². The highest BCUT2D eigenvalue weighted by Crippen LogP contribution is 2.29. The van der Waals surface area contributed by atoms with Crippen LogP contribution in [0.1, 0.15) is 19.3 Å². The van der Waals surface area contributed by atoms with E-state index < -0.39 is 26.6 Å². The Hall–Kier alpha value is -0.280. The fourth-order valence-electron chi connectivity index (χ4n) is 2.35. The van der Waals surface area contributed by atoms with E-state index in [1.807, 2.05) is 0 Å². The van der Waals surface area contributed by atoms with Crippen molar-refractivity contribution >= 4 is 38.4 Å². The molecule has 0 saturated carbocycles. The third kappa shape index (κ3) is 3.73. The topological polar surface area (TPSA) is 63.4 Å². The summed E-state index contributed by atoms with van der Waals surface area (Å²) in [4.78, 5) is -0.522. The highest BCUT2D eigenvalue weighted by atomic mass is 79.9. The molecule has 2 rings (SSSR count). The van der Waals surface area contributed by atoms with E-state index in [-0.39, 0.29) is 29.5 Å². The normalized spacial score (nSPS) is 20.1. The molecule has 21 heavy (non-hydrogen) atoms. The Balaban J connectivity index is 0.00000220. The summed E-state index contributed by atoms with van der Waals surface area (Å²) in [6, 6.07) is 1.19. The van der Waals surface area contributed by atoms with Gasteiger partial charge in [-0.3, -0.25) is 0 Å². The van der Waals surface area contributed by atoms with Gasteiger partial charge >= 0.3 is 0 Å². The molecule has 0 bridgehead atoms. The molecule has 1 aliphatic heterocycles. The lowest BCUT2D eigenvalue weighted by Gasteiger charge is -2.33. The minimum atomic E-state index is -4.01. The standard InChI is InChI=1S/C12H15BrF2N2O2S.ClH/c13-9-5-12(11(15)6-10(9)14)20(18,19)17-4-2-1-3-8(17)7-16;/h5-6,8H,1-4,7,16H2;1H. The summed E-state index contributed by atoms with van der Waals surface area (Å²) in [7, 11) is -4.01. The molecule has 9 heteroatoms. The molecule has 1 heterocycles. The Morgan fingerprint density at radius 1 is 1.29 bits per heavy atom. The maximum absolute atomic E-state index is 13.8. The second kappa shape index (κ2) is 7.32. The highest BCUT2D eigenvalue weighted by Gasteiger charge is 2.34. The van der Waals surface area contributed by atoms with Crippen LogP contribution in [0.25, 0.3) is 0 Å². The van der Waals surface area contributed by atoms with Gasteiger partial charge in [0, 0.05) is 25.2 Å². The van der Waals surface area contributed by atoms with Gasteiger partial charge in [0.05, 0.1) is 4.47 Å². The Bertz CT molecular complexity index is 616. The molecule has 1 aliphatic rings. The van der Waals surface area contributed by atoms with E-state index in [9.17, 15) is 17.2 Å². The van der Waals surface area contributed by atoms with E-state index in [2.05, 4.69) is 15.9 Å². The zero-order valence-electron chi connectivity index (χ0n) is 11.1. The van der Waals surface area contributed by atoms with E-state index in [4.69, 9.17) is 5.73 Å². The summed E-state index contributed by atoms with van der Waals surface area (Å²) in [5, 5.41) is 0. The first-order chi connectivity index (χ1) is 9.37.